The molecule has 0 spiro atoms. The van der Waals surface area contributed by atoms with Crippen molar-refractivity contribution in [2.24, 2.45) is 0 Å². The minimum Gasteiger partial charge on any atom is -0.406 e. The highest BCUT2D eigenvalue weighted by molar-refractivity contribution is 8.00. The van der Waals surface area contributed by atoms with Crippen molar-refractivity contribution in [3.8, 4) is 11.4 Å². The van der Waals surface area contributed by atoms with E-state index in [0.29, 0.717) is 27.9 Å². The summed E-state index contributed by atoms with van der Waals surface area (Å²) in [5.74, 6) is 0.349. The topological polar surface area (TPSA) is 73.2 Å². The first-order valence-corrected chi connectivity index (χ1v) is 12.3. The van der Waals surface area contributed by atoms with E-state index in [1.54, 1.807) is 0 Å². The predicted octanol–water partition coefficient (Wildman–Crippen LogP) is 4.32. The van der Waals surface area contributed by atoms with Gasteiger partial charge in [0.15, 0.2) is 5.16 Å². The average molecular weight is 486 g/mol. The first-order valence-electron chi connectivity index (χ1n) is 10.4. The maximum Gasteiger partial charge on any atom is 0.573 e. The Bertz CT molecular complexity index is 1040. The zero-order valence-electron chi connectivity index (χ0n) is 17.1. The van der Waals surface area contributed by atoms with Crippen molar-refractivity contribution < 1.29 is 22.7 Å². The van der Waals surface area contributed by atoms with Crippen LogP contribution < -0.4 is 15.6 Å². The number of carbonyl (C=O) groups excluding carboxylic acids is 1. The standard InChI is InChI=1S/C21H22F3N3O3S2/c22-21(23,24)30-15-8-6-14(7-9-15)27-19(29)18-16(10-11-31-18)26-20(27)32-12-17(28)25-13-4-2-1-3-5-13/h6-9,13H,1-5,10-12H2,(H,25,28). The van der Waals surface area contributed by atoms with Crippen LogP contribution in [0.4, 0.5) is 13.2 Å². The number of carbonyl (C=O) groups is 1. The number of rotatable bonds is 6. The van der Waals surface area contributed by atoms with Gasteiger partial charge in [-0.15, -0.1) is 24.9 Å². The predicted molar refractivity (Wildman–Crippen MR) is 117 cm³/mol. The van der Waals surface area contributed by atoms with Gasteiger partial charge >= 0.3 is 6.36 Å². The number of hydrogen-bond acceptors (Lipinski definition) is 6. The summed E-state index contributed by atoms with van der Waals surface area (Å²) in [6, 6.07) is 5.24. The number of halogens is 3. The van der Waals surface area contributed by atoms with E-state index in [1.807, 2.05) is 0 Å². The average Bonchev–Trinajstić information content (AvgIpc) is 3.22. The third-order valence-electron chi connectivity index (χ3n) is 5.30. The number of benzene rings is 1. The molecule has 1 amide bonds. The molecule has 1 aromatic heterocycles. The lowest BCUT2D eigenvalue weighted by Gasteiger charge is -2.22. The molecular weight excluding hydrogens is 463 g/mol. The maximum atomic E-state index is 13.1. The molecule has 0 atom stereocenters. The monoisotopic (exact) mass is 485 g/mol. The number of thioether (sulfide) groups is 2. The number of aromatic nitrogens is 2. The lowest BCUT2D eigenvalue weighted by atomic mass is 9.95. The molecule has 2 aliphatic rings. The van der Waals surface area contributed by atoms with Gasteiger partial charge in [-0.25, -0.2) is 4.98 Å². The van der Waals surface area contributed by atoms with E-state index in [2.05, 4.69) is 15.0 Å². The van der Waals surface area contributed by atoms with Crippen LogP contribution in [0.3, 0.4) is 0 Å². The summed E-state index contributed by atoms with van der Waals surface area (Å²) in [6.07, 6.45) is 1.22. The Kier molecular flexibility index (Phi) is 7.04. The SMILES string of the molecule is O=C(CSc1nc2c(c(=O)n1-c1ccc(OC(F)(F)F)cc1)SCC2)NC1CCCCC1. The van der Waals surface area contributed by atoms with Crippen molar-refractivity contribution in [2.75, 3.05) is 11.5 Å². The van der Waals surface area contributed by atoms with Crippen molar-refractivity contribution in [2.45, 2.75) is 61.0 Å². The van der Waals surface area contributed by atoms with Gasteiger partial charge in [0.05, 0.1) is 22.0 Å². The van der Waals surface area contributed by atoms with Crippen LogP contribution in [-0.4, -0.2) is 39.4 Å². The first-order chi connectivity index (χ1) is 15.3. The molecule has 1 aromatic carbocycles. The van der Waals surface area contributed by atoms with E-state index in [4.69, 9.17) is 0 Å². The molecular formula is C21H22F3N3O3S2. The quantitative estimate of drug-likeness (QED) is 0.485. The fourth-order valence-electron chi connectivity index (χ4n) is 3.86. The zero-order chi connectivity index (χ0) is 22.7. The highest BCUT2D eigenvalue weighted by Gasteiger charge is 2.31. The van der Waals surface area contributed by atoms with Crippen LogP contribution in [0.25, 0.3) is 5.69 Å². The highest BCUT2D eigenvalue weighted by atomic mass is 32.2. The van der Waals surface area contributed by atoms with E-state index in [0.717, 1.165) is 55.3 Å². The molecule has 1 saturated carbocycles. The van der Waals surface area contributed by atoms with Crippen LogP contribution in [0.2, 0.25) is 0 Å². The summed E-state index contributed by atoms with van der Waals surface area (Å²) in [5.41, 5.74) is 0.781. The Balaban J connectivity index is 1.56. The molecule has 2 heterocycles. The molecule has 0 unspecified atom stereocenters. The molecule has 1 N–H and O–H groups in total. The van der Waals surface area contributed by atoms with Crippen molar-refractivity contribution in [3.63, 3.8) is 0 Å². The molecule has 6 nitrogen and oxygen atoms in total. The minimum absolute atomic E-state index is 0.101. The molecule has 1 aliphatic heterocycles. The number of hydrogen-bond donors (Lipinski definition) is 1. The fourth-order valence-corrected chi connectivity index (χ4v) is 5.72. The molecule has 4 rings (SSSR count). The second kappa shape index (κ2) is 9.78. The summed E-state index contributed by atoms with van der Waals surface area (Å²) >= 11 is 2.57. The van der Waals surface area contributed by atoms with Gasteiger partial charge in [-0.1, -0.05) is 31.0 Å². The number of ether oxygens (including phenoxy) is 1. The van der Waals surface area contributed by atoms with Gasteiger partial charge in [0.25, 0.3) is 5.56 Å². The molecule has 0 bridgehead atoms. The molecule has 0 radical (unpaired) electrons. The molecule has 172 valence electrons. The van der Waals surface area contributed by atoms with Crippen LogP contribution in [-0.2, 0) is 11.2 Å². The van der Waals surface area contributed by atoms with E-state index in [-0.39, 0.29) is 29.0 Å². The lowest BCUT2D eigenvalue weighted by molar-refractivity contribution is -0.274. The van der Waals surface area contributed by atoms with Gasteiger partial charge in [-0.05, 0) is 37.1 Å². The summed E-state index contributed by atoms with van der Waals surface area (Å²) in [6.45, 7) is 0. The normalized spacial score (nSPS) is 16.6. The Labute approximate surface area is 191 Å². The Morgan fingerprint density at radius 3 is 2.62 bits per heavy atom. The van der Waals surface area contributed by atoms with Gasteiger partial charge in [0, 0.05) is 18.2 Å². The second-order valence-corrected chi connectivity index (χ2v) is 9.69. The van der Waals surface area contributed by atoms with E-state index in [9.17, 15) is 22.8 Å². The summed E-state index contributed by atoms with van der Waals surface area (Å²) in [4.78, 5) is 30.7. The number of alkyl halides is 3. The van der Waals surface area contributed by atoms with Crippen LogP contribution in [0.5, 0.6) is 5.75 Å². The smallest absolute Gasteiger partial charge is 0.406 e. The molecule has 0 saturated heterocycles. The van der Waals surface area contributed by atoms with Crippen LogP contribution >= 0.6 is 23.5 Å². The van der Waals surface area contributed by atoms with Crippen LogP contribution in [0.1, 0.15) is 37.8 Å². The Morgan fingerprint density at radius 1 is 1.22 bits per heavy atom. The van der Waals surface area contributed by atoms with Crippen LogP contribution in [0, 0.1) is 0 Å². The van der Waals surface area contributed by atoms with Crippen molar-refractivity contribution >= 4 is 29.4 Å². The third-order valence-corrected chi connectivity index (χ3v) is 7.34. The van der Waals surface area contributed by atoms with Gasteiger partial charge in [0.1, 0.15) is 5.75 Å². The van der Waals surface area contributed by atoms with Crippen molar-refractivity contribution in [1.29, 1.82) is 0 Å². The van der Waals surface area contributed by atoms with E-state index >= 15 is 0 Å². The van der Waals surface area contributed by atoms with Gasteiger partial charge < -0.3 is 10.1 Å². The van der Waals surface area contributed by atoms with Gasteiger partial charge in [0.2, 0.25) is 5.91 Å². The fraction of sp³-hybridized carbons (Fsp3) is 0.476. The van der Waals surface area contributed by atoms with E-state index in [1.165, 1.54) is 34.9 Å². The summed E-state index contributed by atoms with van der Waals surface area (Å²) < 4.78 is 42.6. The van der Waals surface area contributed by atoms with Gasteiger partial charge in [-0.3, -0.25) is 14.2 Å². The zero-order valence-corrected chi connectivity index (χ0v) is 18.7. The molecule has 11 heteroatoms. The highest BCUT2D eigenvalue weighted by Crippen LogP contribution is 2.31. The van der Waals surface area contributed by atoms with Crippen molar-refractivity contribution in [1.82, 2.24) is 14.9 Å². The Morgan fingerprint density at radius 2 is 1.94 bits per heavy atom. The molecule has 2 aromatic rings. The molecule has 1 fully saturated rings. The largest absolute Gasteiger partial charge is 0.573 e. The van der Waals surface area contributed by atoms with Crippen LogP contribution in [0.15, 0.2) is 39.1 Å². The number of amides is 1. The maximum absolute atomic E-state index is 13.1. The second-order valence-electron chi connectivity index (χ2n) is 7.64. The summed E-state index contributed by atoms with van der Waals surface area (Å²) in [7, 11) is 0. The molecule has 32 heavy (non-hydrogen) atoms. The number of fused-ring (bicyclic) bond motifs is 1. The molecule has 1 aliphatic carbocycles. The number of nitrogens with zero attached hydrogens (tertiary/aromatic N) is 2. The first kappa shape index (κ1) is 23.0. The third kappa shape index (κ3) is 5.61. The van der Waals surface area contributed by atoms with Gasteiger partial charge in [-0.2, -0.15) is 0 Å². The number of aryl methyl sites for hydroxylation is 1. The minimum atomic E-state index is -4.79. The summed E-state index contributed by atoms with van der Waals surface area (Å²) in [5, 5.41) is 3.39. The lowest BCUT2D eigenvalue weighted by Crippen LogP contribution is -2.37. The Hall–Kier alpha value is -2.14. The number of nitrogens with one attached hydrogen (secondary N) is 1. The van der Waals surface area contributed by atoms with E-state index < -0.39 is 6.36 Å². The van der Waals surface area contributed by atoms with Crippen molar-refractivity contribution in [3.05, 3.63) is 40.3 Å².